The third-order valence-electron chi connectivity index (χ3n) is 5.04. The lowest BCUT2D eigenvalue weighted by molar-refractivity contribution is -0.115. The fraction of sp³-hybridized carbons (Fsp3) is 0.300. The Hall–Kier alpha value is -1.88. The number of carbonyl (C=O) groups is 1. The highest BCUT2D eigenvalue weighted by molar-refractivity contribution is 6.47. The van der Waals surface area contributed by atoms with Crippen molar-refractivity contribution in [3.63, 3.8) is 0 Å². The summed E-state index contributed by atoms with van der Waals surface area (Å²) in [6, 6.07) is 15.2. The van der Waals surface area contributed by atoms with Crippen molar-refractivity contribution in [2.24, 2.45) is 4.99 Å². The molecule has 6 heteroatoms. The number of hydrogen-bond acceptors (Lipinski definition) is 3. The van der Waals surface area contributed by atoms with Crippen molar-refractivity contribution in [3.8, 4) is 0 Å². The molecule has 2 aliphatic rings. The first-order valence-corrected chi connectivity index (χ1v) is 9.44. The molecule has 134 valence electrons. The van der Waals surface area contributed by atoms with E-state index in [1.807, 2.05) is 30.3 Å². The van der Waals surface area contributed by atoms with Crippen LogP contribution in [0.25, 0.3) is 0 Å². The molecule has 0 atom stereocenters. The van der Waals surface area contributed by atoms with E-state index in [1.165, 1.54) is 0 Å². The second-order valence-electron chi connectivity index (χ2n) is 6.82. The molecule has 1 amide bonds. The maximum atomic E-state index is 12.4. The number of carbonyl (C=O) groups excluding carboxylic acids is 1. The topological polar surface area (TPSA) is 44.7 Å². The Balaban J connectivity index is 1.46. The first kappa shape index (κ1) is 17.5. The third kappa shape index (κ3) is 3.50. The van der Waals surface area contributed by atoms with Gasteiger partial charge >= 0.3 is 0 Å². The Morgan fingerprint density at radius 3 is 2.42 bits per heavy atom. The van der Waals surface area contributed by atoms with E-state index in [0.717, 1.165) is 48.6 Å². The minimum absolute atomic E-state index is 0.105. The Kier molecular flexibility index (Phi) is 4.74. The zero-order chi connectivity index (χ0) is 18.1. The van der Waals surface area contributed by atoms with Crippen molar-refractivity contribution in [1.82, 2.24) is 10.2 Å². The molecule has 1 fully saturated rings. The molecule has 2 aromatic carbocycles. The second kappa shape index (κ2) is 7.03. The van der Waals surface area contributed by atoms with Crippen LogP contribution in [0.5, 0.6) is 0 Å². The number of nitrogens with zero attached hydrogens (tertiary/aromatic N) is 2. The summed E-state index contributed by atoms with van der Waals surface area (Å²) in [6.07, 6.45) is 1.58. The summed E-state index contributed by atoms with van der Waals surface area (Å²) in [5.74, 6) is -0.105. The van der Waals surface area contributed by atoms with Crippen molar-refractivity contribution < 1.29 is 4.79 Å². The lowest BCUT2D eigenvalue weighted by Gasteiger charge is -2.37. The van der Waals surface area contributed by atoms with Gasteiger partial charge in [-0.1, -0.05) is 53.5 Å². The number of piperidine rings is 1. The Labute approximate surface area is 162 Å². The first-order chi connectivity index (χ1) is 12.5. The molecule has 0 radical (unpaired) electrons. The summed E-state index contributed by atoms with van der Waals surface area (Å²) in [5.41, 5.74) is 1.96. The van der Waals surface area contributed by atoms with Gasteiger partial charge in [-0.25, -0.2) is 0 Å². The fourth-order valence-corrected chi connectivity index (χ4v) is 3.87. The molecule has 2 aromatic rings. The minimum atomic E-state index is -0.483. The van der Waals surface area contributed by atoms with Gasteiger partial charge in [-0.05, 0) is 23.8 Å². The predicted molar refractivity (Wildman–Crippen MR) is 105 cm³/mol. The van der Waals surface area contributed by atoms with Crippen LogP contribution in [-0.4, -0.2) is 35.3 Å². The first-order valence-electron chi connectivity index (χ1n) is 8.69. The average molecular weight is 388 g/mol. The van der Waals surface area contributed by atoms with Crippen molar-refractivity contribution >= 4 is 34.8 Å². The molecule has 0 bridgehead atoms. The normalized spacial score (nSPS) is 19.5. The van der Waals surface area contributed by atoms with Gasteiger partial charge < -0.3 is 5.32 Å². The van der Waals surface area contributed by atoms with Crippen LogP contribution in [0.15, 0.2) is 53.5 Å². The summed E-state index contributed by atoms with van der Waals surface area (Å²) in [7, 11) is 0. The molecule has 0 aromatic heterocycles. The standard InChI is InChI=1S/C20H19Cl2N3O/c21-16-7-5-14(6-8-16)18-19(26)24-20(23-18)9-11-25(12-10-20)13-15-3-1-2-4-17(15)22/h1-8H,9-13H2,(H,24,26). The van der Waals surface area contributed by atoms with Crippen LogP contribution in [0.4, 0.5) is 0 Å². The lowest BCUT2D eigenvalue weighted by atomic mass is 9.97. The molecule has 1 N–H and O–H groups in total. The van der Waals surface area contributed by atoms with Crippen molar-refractivity contribution in [2.45, 2.75) is 25.0 Å². The van der Waals surface area contributed by atoms with Gasteiger partial charge in [-0.2, -0.15) is 0 Å². The lowest BCUT2D eigenvalue weighted by Crippen LogP contribution is -2.50. The Morgan fingerprint density at radius 1 is 1.04 bits per heavy atom. The molecule has 0 saturated carbocycles. The molecule has 1 spiro atoms. The quantitative estimate of drug-likeness (QED) is 0.867. The third-order valence-corrected chi connectivity index (χ3v) is 5.66. The zero-order valence-corrected chi connectivity index (χ0v) is 15.7. The van der Waals surface area contributed by atoms with Crippen LogP contribution in [0.2, 0.25) is 10.0 Å². The molecule has 26 heavy (non-hydrogen) atoms. The second-order valence-corrected chi connectivity index (χ2v) is 7.66. The summed E-state index contributed by atoms with van der Waals surface area (Å²) in [6.45, 7) is 2.54. The number of rotatable bonds is 3. The zero-order valence-electron chi connectivity index (χ0n) is 14.2. The molecule has 2 aliphatic heterocycles. The summed E-state index contributed by atoms with van der Waals surface area (Å²) in [5, 5.41) is 4.54. The molecular formula is C20H19Cl2N3O. The van der Waals surface area contributed by atoms with Crippen LogP contribution in [-0.2, 0) is 11.3 Å². The van der Waals surface area contributed by atoms with E-state index in [1.54, 1.807) is 12.1 Å². The van der Waals surface area contributed by atoms with Gasteiger partial charge in [0.1, 0.15) is 11.4 Å². The van der Waals surface area contributed by atoms with E-state index in [-0.39, 0.29) is 5.91 Å². The highest BCUT2D eigenvalue weighted by Gasteiger charge is 2.42. The molecule has 4 rings (SSSR count). The van der Waals surface area contributed by atoms with Crippen molar-refractivity contribution in [2.75, 3.05) is 13.1 Å². The number of nitrogens with one attached hydrogen (secondary N) is 1. The molecular weight excluding hydrogens is 369 g/mol. The number of halogens is 2. The monoisotopic (exact) mass is 387 g/mol. The maximum absolute atomic E-state index is 12.4. The molecule has 0 aliphatic carbocycles. The summed E-state index contributed by atoms with van der Waals surface area (Å²) >= 11 is 12.2. The Morgan fingerprint density at radius 2 is 1.73 bits per heavy atom. The van der Waals surface area contributed by atoms with Crippen LogP contribution in [0, 0.1) is 0 Å². The smallest absolute Gasteiger partial charge is 0.272 e. The van der Waals surface area contributed by atoms with Gasteiger partial charge in [0.15, 0.2) is 0 Å². The molecule has 4 nitrogen and oxygen atoms in total. The number of hydrogen-bond donors (Lipinski definition) is 1. The summed E-state index contributed by atoms with van der Waals surface area (Å²) in [4.78, 5) is 19.6. The van der Waals surface area contributed by atoms with E-state index in [4.69, 9.17) is 28.2 Å². The maximum Gasteiger partial charge on any atom is 0.272 e. The van der Waals surface area contributed by atoms with Gasteiger partial charge in [0.05, 0.1) is 0 Å². The predicted octanol–water partition coefficient (Wildman–Crippen LogP) is 3.90. The van der Waals surface area contributed by atoms with Crippen molar-refractivity contribution in [3.05, 3.63) is 69.7 Å². The highest BCUT2D eigenvalue weighted by Crippen LogP contribution is 2.30. The fourth-order valence-electron chi connectivity index (χ4n) is 3.55. The Bertz CT molecular complexity index is 856. The average Bonchev–Trinajstić information content (AvgIpc) is 2.96. The van der Waals surface area contributed by atoms with E-state index in [0.29, 0.717) is 10.7 Å². The van der Waals surface area contributed by atoms with Gasteiger partial charge in [0.2, 0.25) is 0 Å². The van der Waals surface area contributed by atoms with Gasteiger partial charge in [-0.15, -0.1) is 0 Å². The highest BCUT2D eigenvalue weighted by atomic mass is 35.5. The van der Waals surface area contributed by atoms with Crippen molar-refractivity contribution in [1.29, 1.82) is 0 Å². The van der Waals surface area contributed by atoms with Crippen LogP contribution < -0.4 is 5.32 Å². The molecule has 1 saturated heterocycles. The van der Waals surface area contributed by atoms with Crippen LogP contribution >= 0.6 is 23.2 Å². The number of likely N-dealkylation sites (tertiary alicyclic amines) is 1. The van der Waals surface area contributed by atoms with Gasteiger partial charge in [0.25, 0.3) is 5.91 Å². The number of benzene rings is 2. The van der Waals surface area contributed by atoms with Gasteiger partial charge in [0, 0.05) is 48.1 Å². The number of amides is 1. The summed E-state index contributed by atoms with van der Waals surface area (Å²) < 4.78 is 0. The molecule has 2 heterocycles. The minimum Gasteiger partial charge on any atom is -0.326 e. The van der Waals surface area contributed by atoms with Gasteiger partial charge in [-0.3, -0.25) is 14.7 Å². The molecule has 0 unspecified atom stereocenters. The van der Waals surface area contributed by atoms with E-state index in [9.17, 15) is 4.79 Å². The van der Waals surface area contributed by atoms with Crippen LogP contribution in [0.3, 0.4) is 0 Å². The van der Waals surface area contributed by atoms with Crippen LogP contribution in [0.1, 0.15) is 24.0 Å². The van der Waals surface area contributed by atoms with E-state index >= 15 is 0 Å². The number of aliphatic imine (C=N–C) groups is 1. The SMILES string of the molecule is O=C1NC2(CCN(Cc3ccccc3Cl)CC2)N=C1c1ccc(Cl)cc1. The van der Waals surface area contributed by atoms with E-state index in [2.05, 4.69) is 16.3 Å². The van der Waals surface area contributed by atoms with E-state index < -0.39 is 5.66 Å². The largest absolute Gasteiger partial charge is 0.326 e.